The largest absolute Gasteiger partial charge is 0.340 e. The van der Waals surface area contributed by atoms with Gasteiger partial charge in [-0.3, -0.25) is 19.5 Å². The number of hydrogen-bond acceptors (Lipinski definition) is 4. The fourth-order valence-corrected chi connectivity index (χ4v) is 3.26. The topological polar surface area (TPSA) is 92.4 Å². The third-order valence-corrected chi connectivity index (χ3v) is 4.59. The highest BCUT2D eigenvalue weighted by Gasteiger charge is 2.26. The molecule has 8 heteroatoms. The Morgan fingerprint density at radius 3 is 2.76 bits per heavy atom. The van der Waals surface area contributed by atoms with Crippen LogP contribution < -0.4 is 5.48 Å². The van der Waals surface area contributed by atoms with E-state index in [0.717, 1.165) is 16.6 Å². The molecule has 0 spiro atoms. The summed E-state index contributed by atoms with van der Waals surface area (Å²) in [7, 11) is 1.88. The van der Waals surface area contributed by atoms with Gasteiger partial charge >= 0.3 is 0 Å². The summed E-state index contributed by atoms with van der Waals surface area (Å²) in [6.07, 6.45) is 0. The summed E-state index contributed by atoms with van der Waals surface area (Å²) in [6, 6.07) is 11.3. The molecule has 2 aromatic heterocycles. The van der Waals surface area contributed by atoms with Gasteiger partial charge in [0.25, 0.3) is 11.8 Å². The summed E-state index contributed by atoms with van der Waals surface area (Å²) >= 11 is 0. The Morgan fingerprint density at radius 1 is 1.20 bits per heavy atom. The van der Waals surface area contributed by atoms with Crippen molar-refractivity contribution in [2.24, 2.45) is 7.05 Å². The molecule has 0 unspecified atom stereocenters. The van der Waals surface area contributed by atoms with Crippen molar-refractivity contribution in [3.8, 4) is 0 Å². The lowest BCUT2D eigenvalue weighted by atomic mass is 10.2. The predicted molar refractivity (Wildman–Crippen MR) is 89.1 cm³/mol. The number of nitrogens with one attached hydrogen (secondary N) is 1. The molecule has 0 aliphatic carbocycles. The quantitative estimate of drug-likeness (QED) is 0.541. The number of amides is 2. The maximum absolute atomic E-state index is 13.0. The average molecular weight is 339 g/mol. The number of rotatable bonds is 2. The van der Waals surface area contributed by atoms with Gasteiger partial charge in [0.2, 0.25) is 0 Å². The van der Waals surface area contributed by atoms with Gasteiger partial charge in [-0.15, -0.1) is 0 Å². The normalized spacial score (nSPS) is 13.8. The highest BCUT2D eigenvalue weighted by molar-refractivity contribution is 5.98. The van der Waals surface area contributed by atoms with Crippen molar-refractivity contribution in [1.82, 2.24) is 24.7 Å². The molecule has 1 aromatic carbocycles. The van der Waals surface area contributed by atoms with Gasteiger partial charge in [0.05, 0.1) is 18.8 Å². The molecule has 128 valence electrons. The zero-order valence-corrected chi connectivity index (χ0v) is 13.6. The highest BCUT2D eigenvalue weighted by Crippen LogP contribution is 2.22. The van der Waals surface area contributed by atoms with Crippen LogP contribution in [0.4, 0.5) is 0 Å². The molecule has 1 aliphatic rings. The second-order valence-electron chi connectivity index (χ2n) is 6.06. The number of aromatic nitrogens is 3. The van der Waals surface area contributed by atoms with E-state index in [1.165, 1.54) is 0 Å². The molecule has 2 amide bonds. The highest BCUT2D eigenvalue weighted by atomic mass is 16.5. The lowest BCUT2D eigenvalue weighted by molar-refractivity contribution is 0.0686. The Morgan fingerprint density at radius 2 is 2.00 bits per heavy atom. The van der Waals surface area contributed by atoms with Crippen molar-refractivity contribution in [3.63, 3.8) is 0 Å². The second-order valence-corrected chi connectivity index (χ2v) is 6.06. The minimum Gasteiger partial charge on any atom is -0.340 e. The van der Waals surface area contributed by atoms with Crippen molar-refractivity contribution >= 4 is 22.7 Å². The van der Waals surface area contributed by atoms with E-state index >= 15 is 0 Å². The van der Waals surface area contributed by atoms with Crippen molar-refractivity contribution < 1.29 is 14.8 Å². The van der Waals surface area contributed by atoms with E-state index in [4.69, 9.17) is 5.21 Å². The van der Waals surface area contributed by atoms with Gasteiger partial charge in [-0.2, -0.15) is 5.10 Å². The van der Waals surface area contributed by atoms with Crippen molar-refractivity contribution in [2.75, 3.05) is 6.54 Å². The number of benzene rings is 1. The third-order valence-electron chi connectivity index (χ3n) is 4.59. The van der Waals surface area contributed by atoms with Crippen LogP contribution in [0.25, 0.3) is 10.9 Å². The van der Waals surface area contributed by atoms with Crippen LogP contribution >= 0.6 is 0 Å². The van der Waals surface area contributed by atoms with Gasteiger partial charge < -0.3 is 9.47 Å². The maximum Gasteiger partial charge on any atom is 0.295 e. The van der Waals surface area contributed by atoms with E-state index in [2.05, 4.69) is 5.10 Å². The van der Waals surface area contributed by atoms with Gasteiger partial charge in [0, 0.05) is 24.5 Å². The Kier molecular flexibility index (Phi) is 3.54. The predicted octanol–water partition coefficient (Wildman–Crippen LogP) is 1.15. The Labute approximate surface area is 143 Å². The van der Waals surface area contributed by atoms with Gasteiger partial charge in [-0.25, -0.2) is 5.48 Å². The van der Waals surface area contributed by atoms with Crippen LogP contribution in [0.3, 0.4) is 0 Å². The standard InChI is InChI=1S/C17H17N5O3/c1-20-14-5-3-2-4-11(14)8-15(20)17(24)21-6-7-22-12(10-21)9-13(18-22)16(23)19-25/h2-5,8-9,25H,6-7,10H2,1H3,(H,19,23). The molecule has 8 nitrogen and oxygen atoms in total. The number of para-hydroxylation sites is 1. The van der Waals surface area contributed by atoms with E-state index in [0.29, 0.717) is 25.3 Å². The molecule has 0 radical (unpaired) electrons. The molecule has 25 heavy (non-hydrogen) atoms. The fourth-order valence-electron chi connectivity index (χ4n) is 3.26. The Hall–Kier alpha value is -3.13. The molecule has 3 aromatic rings. The first-order valence-corrected chi connectivity index (χ1v) is 7.93. The minimum atomic E-state index is -0.659. The van der Waals surface area contributed by atoms with E-state index < -0.39 is 5.91 Å². The minimum absolute atomic E-state index is 0.0562. The van der Waals surface area contributed by atoms with Gasteiger partial charge in [-0.1, -0.05) is 18.2 Å². The summed E-state index contributed by atoms with van der Waals surface area (Å²) < 4.78 is 3.59. The van der Waals surface area contributed by atoms with Crippen LogP contribution in [-0.4, -0.2) is 42.8 Å². The van der Waals surface area contributed by atoms with Gasteiger partial charge in [0.15, 0.2) is 5.69 Å². The van der Waals surface area contributed by atoms with E-state index in [1.807, 2.05) is 41.9 Å². The second kappa shape index (κ2) is 5.75. The van der Waals surface area contributed by atoms with Gasteiger partial charge in [-0.05, 0) is 18.2 Å². The number of carbonyl (C=O) groups excluding carboxylic acids is 2. The molecule has 0 saturated heterocycles. The SMILES string of the molecule is Cn1c(C(=O)N2CCn3nc(C(=O)NO)cc3C2)cc2ccccc21. The lowest BCUT2D eigenvalue weighted by Gasteiger charge is -2.27. The van der Waals surface area contributed by atoms with E-state index in [9.17, 15) is 9.59 Å². The lowest BCUT2D eigenvalue weighted by Crippen LogP contribution is -2.39. The maximum atomic E-state index is 13.0. The Bertz CT molecular complexity index is 987. The fraction of sp³-hybridized carbons (Fsp3) is 0.235. The first-order valence-electron chi connectivity index (χ1n) is 7.93. The smallest absolute Gasteiger partial charge is 0.295 e. The molecule has 0 saturated carbocycles. The van der Waals surface area contributed by atoms with Crippen molar-refractivity contribution in [2.45, 2.75) is 13.1 Å². The number of aryl methyl sites for hydroxylation is 1. The number of fused-ring (bicyclic) bond motifs is 2. The van der Waals surface area contributed by atoms with Crippen LogP contribution in [0.15, 0.2) is 36.4 Å². The molecule has 1 aliphatic heterocycles. The molecule has 0 bridgehead atoms. The number of carbonyl (C=O) groups is 2. The summed E-state index contributed by atoms with van der Waals surface area (Å²) in [5.41, 5.74) is 4.11. The summed E-state index contributed by atoms with van der Waals surface area (Å²) in [6.45, 7) is 1.38. The molecule has 0 atom stereocenters. The van der Waals surface area contributed by atoms with Gasteiger partial charge in [0.1, 0.15) is 5.69 Å². The van der Waals surface area contributed by atoms with Crippen molar-refractivity contribution in [3.05, 3.63) is 53.5 Å². The molecular formula is C17H17N5O3. The van der Waals surface area contributed by atoms with Crippen LogP contribution in [0.2, 0.25) is 0 Å². The zero-order chi connectivity index (χ0) is 17.6. The summed E-state index contributed by atoms with van der Waals surface area (Å²) in [5.74, 6) is -0.715. The molecule has 4 rings (SSSR count). The Balaban J connectivity index is 1.62. The number of nitrogens with zero attached hydrogens (tertiary/aromatic N) is 4. The van der Waals surface area contributed by atoms with Crippen LogP contribution in [0.5, 0.6) is 0 Å². The third kappa shape index (κ3) is 2.47. The summed E-state index contributed by atoms with van der Waals surface area (Å²) in [5, 5.41) is 13.9. The van der Waals surface area contributed by atoms with Crippen molar-refractivity contribution in [1.29, 1.82) is 0 Å². The van der Waals surface area contributed by atoms with E-state index in [-0.39, 0.29) is 11.6 Å². The van der Waals surface area contributed by atoms with E-state index in [1.54, 1.807) is 21.1 Å². The zero-order valence-electron chi connectivity index (χ0n) is 13.6. The number of hydrogen-bond donors (Lipinski definition) is 2. The molecule has 3 heterocycles. The first kappa shape index (κ1) is 15.4. The average Bonchev–Trinajstić information content (AvgIpc) is 3.21. The first-order chi connectivity index (χ1) is 12.1. The summed E-state index contributed by atoms with van der Waals surface area (Å²) in [4.78, 5) is 26.2. The molecule has 2 N–H and O–H groups in total. The monoisotopic (exact) mass is 339 g/mol. The molecular weight excluding hydrogens is 322 g/mol. The van der Waals surface area contributed by atoms with Crippen LogP contribution in [0.1, 0.15) is 26.7 Å². The van der Waals surface area contributed by atoms with Crippen LogP contribution in [0, 0.1) is 0 Å². The number of hydroxylamine groups is 1. The van der Waals surface area contributed by atoms with Crippen LogP contribution in [-0.2, 0) is 20.1 Å². The molecule has 0 fully saturated rings.